The molecule has 128 valence electrons. The van der Waals surface area contributed by atoms with Gasteiger partial charge in [-0.2, -0.15) is 0 Å². The van der Waals surface area contributed by atoms with E-state index < -0.39 is 4.92 Å². The lowest BCUT2D eigenvalue weighted by Crippen LogP contribution is -2.40. The molecule has 1 aliphatic heterocycles. The van der Waals surface area contributed by atoms with E-state index in [1.807, 2.05) is 0 Å². The van der Waals surface area contributed by atoms with Crippen LogP contribution in [0.3, 0.4) is 0 Å². The summed E-state index contributed by atoms with van der Waals surface area (Å²) < 4.78 is 5.23. The molecule has 0 radical (unpaired) electrons. The van der Waals surface area contributed by atoms with Gasteiger partial charge in [0.1, 0.15) is 5.75 Å². The number of nitro benzene ring substituents is 1. The van der Waals surface area contributed by atoms with Crippen LogP contribution in [0.25, 0.3) is 0 Å². The van der Waals surface area contributed by atoms with E-state index in [9.17, 15) is 19.7 Å². The number of allylic oxidation sites excluding steroid dienone is 2. The first kappa shape index (κ1) is 14.6. The van der Waals surface area contributed by atoms with Crippen molar-refractivity contribution in [2.24, 2.45) is 35.5 Å². The summed E-state index contributed by atoms with van der Waals surface area (Å²) in [5.74, 6) is 0.519. The molecule has 0 spiro atoms. The minimum absolute atomic E-state index is 0.139. The van der Waals surface area contributed by atoms with Crippen molar-refractivity contribution < 1.29 is 19.2 Å². The van der Waals surface area contributed by atoms with Crippen molar-refractivity contribution in [3.05, 3.63) is 40.5 Å². The summed E-state index contributed by atoms with van der Waals surface area (Å²) >= 11 is 0. The topological polar surface area (TPSA) is 89.8 Å². The van der Waals surface area contributed by atoms with E-state index in [1.54, 1.807) is 0 Å². The zero-order chi connectivity index (χ0) is 17.5. The van der Waals surface area contributed by atoms with E-state index in [0.717, 1.165) is 6.42 Å². The first-order valence-corrected chi connectivity index (χ1v) is 8.41. The molecule has 3 fully saturated rings. The third-order valence-corrected chi connectivity index (χ3v) is 6.28. The highest BCUT2D eigenvalue weighted by Crippen LogP contribution is 2.65. The largest absolute Gasteiger partial charge is 0.494 e. The Bertz CT molecular complexity index is 827. The van der Waals surface area contributed by atoms with Crippen molar-refractivity contribution in [2.75, 3.05) is 12.0 Å². The average Bonchev–Trinajstić information content (AvgIpc) is 3.39. The minimum Gasteiger partial charge on any atom is -0.494 e. The molecule has 6 rings (SSSR count). The van der Waals surface area contributed by atoms with Gasteiger partial charge in [-0.1, -0.05) is 12.2 Å². The summed E-state index contributed by atoms with van der Waals surface area (Å²) in [6.07, 6.45) is 5.33. The fourth-order valence-corrected chi connectivity index (χ4v) is 5.16. The third-order valence-electron chi connectivity index (χ3n) is 6.28. The Hall–Kier alpha value is -2.70. The van der Waals surface area contributed by atoms with E-state index in [1.165, 1.54) is 30.2 Å². The average molecular weight is 340 g/mol. The first-order valence-electron chi connectivity index (χ1n) is 8.41. The van der Waals surface area contributed by atoms with Gasteiger partial charge in [-0.3, -0.25) is 19.7 Å². The van der Waals surface area contributed by atoms with E-state index in [2.05, 4.69) is 12.2 Å². The number of nitro groups is 1. The van der Waals surface area contributed by atoms with Crippen LogP contribution >= 0.6 is 0 Å². The number of imide groups is 1. The molecular formula is C18H16N2O5. The molecule has 7 heteroatoms. The van der Waals surface area contributed by atoms with Gasteiger partial charge in [0, 0.05) is 6.07 Å². The fourth-order valence-electron chi connectivity index (χ4n) is 5.16. The van der Waals surface area contributed by atoms with Gasteiger partial charge < -0.3 is 4.74 Å². The lowest BCUT2D eigenvalue weighted by Gasteiger charge is -2.37. The maximum absolute atomic E-state index is 13.1. The third kappa shape index (κ3) is 1.75. The SMILES string of the molecule is COc1cc([N+](=O)[O-])ccc1N1C(=O)[C@@H]2[C@@H]3C=C[C@H]([C@H]4C[C@H]34)[C@@H]2C1=O. The molecule has 1 heterocycles. The number of nitrogens with zero attached hydrogens (tertiary/aromatic N) is 2. The molecule has 2 saturated carbocycles. The Labute approximate surface area is 143 Å². The monoisotopic (exact) mass is 340 g/mol. The van der Waals surface area contributed by atoms with E-state index >= 15 is 0 Å². The molecule has 2 bridgehead atoms. The Morgan fingerprint density at radius 1 is 1.12 bits per heavy atom. The Morgan fingerprint density at radius 3 is 2.24 bits per heavy atom. The van der Waals surface area contributed by atoms with Crippen LogP contribution in [0.2, 0.25) is 0 Å². The summed E-state index contributed by atoms with van der Waals surface area (Å²) in [6.45, 7) is 0. The van der Waals surface area contributed by atoms with Gasteiger partial charge in [0.05, 0.1) is 35.6 Å². The number of rotatable bonds is 3. The number of hydrogen-bond donors (Lipinski definition) is 0. The smallest absolute Gasteiger partial charge is 0.273 e. The van der Waals surface area contributed by atoms with Gasteiger partial charge in [-0.15, -0.1) is 0 Å². The molecule has 1 saturated heterocycles. The second-order valence-electron chi connectivity index (χ2n) is 7.28. The molecule has 0 aromatic heterocycles. The number of carbonyl (C=O) groups is 2. The molecule has 25 heavy (non-hydrogen) atoms. The molecule has 0 unspecified atom stereocenters. The van der Waals surface area contributed by atoms with Crippen molar-refractivity contribution in [3.8, 4) is 5.75 Å². The number of anilines is 1. The fraction of sp³-hybridized carbons (Fsp3) is 0.444. The van der Waals surface area contributed by atoms with Gasteiger partial charge in [0.15, 0.2) is 0 Å². The van der Waals surface area contributed by atoms with Gasteiger partial charge in [0.25, 0.3) is 5.69 Å². The number of hydrogen-bond acceptors (Lipinski definition) is 5. The van der Waals surface area contributed by atoms with Crippen molar-refractivity contribution >= 4 is 23.2 Å². The Kier molecular flexibility index (Phi) is 2.74. The van der Waals surface area contributed by atoms with E-state index in [4.69, 9.17) is 4.74 Å². The van der Waals surface area contributed by atoms with Crippen molar-refractivity contribution in [1.29, 1.82) is 0 Å². The zero-order valence-electron chi connectivity index (χ0n) is 13.5. The molecule has 0 N–H and O–H groups in total. The normalized spacial score (nSPS) is 37.1. The highest BCUT2D eigenvalue weighted by atomic mass is 16.6. The van der Waals surface area contributed by atoms with Crippen molar-refractivity contribution in [3.63, 3.8) is 0 Å². The highest BCUT2D eigenvalue weighted by Gasteiger charge is 2.67. The number of benzene rings is 1. The van der Waals surface area contributed by atoms with E-state index in [0.29, 0.717) is 17.5 Å². The van der Waals surface area contributed by atoms with Crippen LogP contribution in [0, 0.1) is 45.6 Å². The number of amides is 2. The predicted octanol–water partition coefficient (Wildman–Crippen LogP) is 2.16. The molecule has 1 aromatic carbocycles. The Morgan fingerprint density at radius 2 is 1.72 bits per heavy atom. The predicted molar refractivity (Wildman–Crippen MR) is 86.8 cm³/mol. The van der Waals surface area contributed by atoms with Crippen LogP contribution in [0.1, 0.15) is 6.42 Å². The summed E-state index contributed by atoms with van der Waals surface area (Å²) in [6, 6.07) is 3.98. The number of carbonyl (C=O) groups excluding carboxylic acids is 2. The Balaban J connectivity index is 1.57. The summed E-state index contributed by atoms with van der Waals surface area (Å²) in [5, 5.41) is 11.0. The van der Waals surface area contributed by atoms with Gasteiger partial charge in [-0.05, 0) is 36.2 Å². The van der Waals surface area contributed by atoms with Crippen LogP contribution < -0.4 is 9.64 Å². The lowest BCUT2D eigenvalue weighted by molar-refractivity contribution is -0.384. The second-order valence-corrected chi connectivity index (χ2v) is 7.28. The quantitative estimate of drug-likeness (QED) is 0.364. The highest BCUT2D eigenvalue weighted by molar-refractivity contribution is 6.23. The van der Waals surface area contributed by atoms with Crippen molar-refractivity contribution in [2.45, 2.75) is 6.42 Å². The van der Waals surface area contributed by atoms with Crippen LogP contribution in [-0.2, 0) is 9.59 Å². The lowest BCUT2D eigenvalue weighted by atomic mass is 9.63. The molecule has 6 atom stereocenters. The van der Waals surface area contributed by atoms with Gasteiger partial charge >= 0.3 is 0 Å². The maximum Gasteiger partial charge on any atom is 0.273 e. The summed E-state index contributed by atoms with van der Waals surface area (Å²) in [4.78, 5) is 37.8. The standard InChI is InChI=1S/C18H16N2O5/c1-25-14-6-8(20(23)24)2-5-13(14)19-17(21)15-9-3-4-10(12-7-11(9)12)16(15)18(19)22/h2-6,9-12,15-16H,7H2,1H3/t9-,10-,11-,12-,15-,16+/m1/s1. The molecule has 2 amide bonds. The molecule has 5 aliphatic rings. The van der Waals surface area contributed by atoms with Crippen LogP contribution in [0.5, 0.6) is 5.75 Å². The zero-order valence-corrected chi connectivity index (χ0v) is 13.5. The molecule has 7 nitrogen and oxygen atoms in total. The number of methoxy groups -OCH3 is 1. The van der Waals surface area contributed by atoms with Crippen molar-refractivity contribution in [1.82, 2.24) is 0 Å². The van der Waals surface area contributed by atoms with E-state index in [-0.39, 0.29) is 46.9 Å². The van der Waals surface area contributed by atoms with Gasteiger partial charge in [-0.25, -0.2) is 4.90 Å². The van der Waals surface area contributed by atoms with Crippen LogP contribution in [0.15, 0.2) is 30.4 Å². The number of ether oxygens (including phenoxy) is 1. The summed E-state index contributed by atoms with van der Waals surface area (Å²) in [5.41, 5.74) is 0.158. The molecule has 4 aliphatic carbocycles. The van der Waals surface area contributed by atoms with Crippen LogP contribution in [-0.4, -0.2) is 23.8 Å². The number of non-ortho nitro benzene ring substituents is 1. The maximum atomic E-state index is 13.1. The van der Waals surface area contributed by atoms with Gasteiger partial charge in [0.2, 0.25) is 11.8 Å². The molecular weight excluding hydrogens is 324 g/mol. The van der Waals surface area contributed by atoms with Crippen LogP contribution in [0.4, 0.5) is 11.4 Å². The first-order chi connectivity index (χ1) is 12.0. The summed E-state index contributed by atoms with van der Waals surface area (Å²) in [7, 11) is 1.38. The minimum atomic E-state index is -0.530. The molecule has 1 aromatic rings. The second kappa shape index (κ2) is 4.68.